The van der Waals surface area contributed by atoms with E-state index < -0.39 is 60.6 Å². The van der Waals surface area contributed by atoms with Crippen LogP contribution in [-0.2, 0) is 23.9 Å². The van der Waals surface area contributed by atoms with Crippen LogP contribution < -0.4 is 16.8 Å². The topological polar surface area (TPSA) is 207 Å². The average molecular weight is 571 g/mol. The zero-order valence-corrected chi connectivity index (χ0v) is 24.1. The molecule has 0 aromatic heterocycles. The van der Waals surface area contributed by atoms with Gasteiger partial charge in [-0.25, -0.2) is 9.79 Å². The lowest BCUT2D eigenvalue weighted by Gasteiger charge is -2.38. The van der Waals surface area contributed by atoms with E-state index in [0.29, 0.717) is 6.42 Å². The van der Waals surface area contributed by atoms with Crippen LogP contribution in [0.2, 0.25) is 0 Å². The van der Waals surface area contributed by atoms with Gasteiger partial charge in [-0.15, -0.1) is 0 Å². The molecular weight excluding hydrogens is 520 g/mol. The van der Waals surface area contributed by atoms with E-state index in [9.17, 15) is 29.7 Å². The first-order chi connectivity index (χ1) is 19.1. The third kappa shape index (κ3) is 14.5. The number of carbonyl (C=O) groups excluding carboxylic acids is 2. The first kappa shape index (κ1) is 35.2. The van der Waals surface area contributed by atoms with Crippen LogP contribution in [0.25, 0.3) is 0 Å². The maximum absolute atomic E-state index is 12.1. The summed E-state index contributed by atoms with van der Waals surface area (Å²) in [5.74, 6) is -3.42. The lowest BCUT2D eigenvalue weighted by molar-refractivity contribution is -0.156. The molecule has 230 valence electrons. The summed E-state index contributed by atoms with van der Waals surface area (Å²) in [6.07, 6.45) is 11.9. The number of hydrogen-bond donors (Lipinski definition) is 6. The Morgan fingerprint density at radius 3 is 1.98 bits per heavy atom. The molecule has 0 aromatic carbocycles. The number of guanidine groups is 1. The number of esters is 1. The van der Waals surface area contributed by atoms with Crippen LogP contribution in [0.3, 0.4) is 0 Å². The molecule has 0 aliphatic carbocycles. The van der Waals surface area contributed by atoms with Crippen molar-refractivity contribution in [1.29, 1.82) is 0 Å². The fraction of sp³-hybridized carbons (Fsp3) is 0.786. The van der Waals surface area contributed by atoms with E-state index in [1.165, 1.54) is 64.7 Å². The fourth-order valence-corrected chi connectivity index (χ4v) is 4.66. The summed E-state index contributed by atoms with van der Waals surface area (Å²) in [6.45, 7) is 2.90. The largest absolute Gasteiger partial charge is 0.478 e. The number of rotatable bonds is 21. The summed E-state index contributed by atoms with van der Waals surface area (Å²) >= 11 is 0. The number of ether oxygens (including phenoxy) is 2. The molecule has 5 atom stereocenters. The summed E-state index contributed by atoms with van der Waals surface area (Å²) < 4.78 is 10.5. The molecule has 0 spiro atoms. The molecule has 40 heavy (non-hydrogen) atoms. The van der Waals surface area contributed by atoms with Gasteiger partial charge < -0.3 is 41.6 Å². The fourth-order valence-electron chi connectivity index (χ4n) is 4.66. The van der Waals surface area contributed by atoms with Gasteiger partial charge in [0.15, 0.2) is 5.96 Å². The Hall–Kier alpha value is -2.86. The monoisotopic (exact) mass is 570 g/mol. The number of carboxylic acid groups (broad SMARTS) is 1. The lowest BCUT2D eigenvalue weighted by Crippen LogP contribution is -2.60. The van der Waals surface area contributed by atoms with Crippen LogP contribution in [0.4, 0.5) is 0 Å². The molecule has 0 bridgehead atoms. The minimum atomic E-state index is -1.74. The van der Waals surface area contributed by atoms with Crippen molar-refractivity contribution in [2.24, 2.45) is 16.5 Å². The van der Waals surface area contributed by atoms with Gasteiger partial charge in [0.05, 0.1) is 12.1 Å². The summed E-state index contributed by atoms with van der Waals surface area (Å²) in [5.41, 5.74) is 10.9. The molecule has 1 heterocycles. The normalized spacial score (nSPS) is 20.0. The van der Waals surface area contributed by atoms with Crippen molar-refractivity contribution in [3.05, 3.63) is 11.8 Å². The minimum absolute atomic E-state index is 0.188. The predicted octanol–water partition coefficient (Wildman–Crippen LogP) is 2.25. The zero-order valence-electron chi connectivity index (χ0n) is 24.1. The summed E-state index contributed by atoms with van der Waals surface area (Å²) in [6, 6.07) is -2.19. The number of aliphatic imine (C=N–C) groups is 1. The number of amides is 1. The second kappa shape index (κ2) is 20.1. The van der Waals surface area contributed by atoms with Gasteiger partial charge in [-0.05, 0) is 12.5 Å². The number of aliphatic hydroxyl groups excluding tert-OH is 2. The molecule has 5 unspecified atom stereocenters. The van der Waals surface area contributed by atoms with Crippen LogP contribution in [0, 0.1) is 0 Å². The Bertz CT molecular complexity index is 831. The van der Waals surface area contributed by atoms with Gasteiger partial charge in [-0.1, -0.05) is 84.0 Å². The maximum atomic E-state index is 12.1. The quantitative estimate of drug-likeness (QED) is 0.0513. The number of hydrogen-bond acceptors (Lipinski definition) is 8. The number of nitrogens with one attached hydrogen (secondary N) is 1. The molecule has 1 rings (SSSR count). The van der Waals surface area contributed by atoms with E-state index >= 15 is 0 Å². The summed E-state index contributed by atoms with van der Waals surface area (Å²) in [7, 11) is 0. The molecule has 1 aliphatic rings. The first-order valence-electron chi connectivity index (χ1n) is 14.6. The molecule has 0 radical (unpaired) electrons. The van der Waals surface area contributed by atoms with Crippen LogP contribution in [0.5, 0.6) is 0 Å². The number of nitrogens with zero attached hydrogens (tertiary/aromatic N) is 1. The third-order valence-electron chi connectivity index (χ3n) is 6.82. The Kier molecular flexibility index (Phi) is 17.7. The van der Waals surface area contributed by atoms with Gasteiger partial charge >= 0.3 is 11.9 Å². The number of aliphatic hydroxyl groups is 2. The van der Waals surface area contributed by atoms with E-state index in [1.807, 2.05) is 0 Å². The Morgan fingerprint density at radius 1 is 0.975 bits per heavy atom. The molecule has 0 saturated heterocycles. The highest BCUT2D eigenvalue weighted by Crippen LogP contribution is 2.25. The van der Waals surface area contributed by atoms with Crippen molar-refractivity contribution in [1.82, 2.24) is 5.32 Å². The van der Waals surface area contributed by atoms with E-state index in [4.69, 9.17) is 20.9 Å². The molecule has 12 heteroatoms. The summed E-state index contributed by atoms with van der Waals surface area (Å²) in [4.78, 5) is 39.3. The molecule has 8 N–H and O–H groups in total. The summed E-state index contributed by atoms with van der Waals surface area (Å²) in [5, 5.41) is 33.1. The van der Waals surface area contributed by atoms with Crippen LogP contribution in [0.15, 0.2) is 16.8 Å². The molecule has 0 fully saturated rings. The molecule has 1 amide bonds. The van der Waals surface area contributed by atoms with E-state index in [0.717, 1.165) is 25.3 Å². The highest BCUT2D eigenvalue weighted by atomic mass is 16.6. The first-order valence-corrected chi connectivity index (χ1v) is 14.6. The Labute approximate surface area is 237 Å². The molecular formula is C28H50N4O8. The van der Waals surface area contributed by atoms with E-state index in [-0.39, 0.29) is 12.4 Å². The minimum Gasteiger partial charge on any atom is -0.478 e. The molecule has 12 nitrogen and oxygen atoms in total. The van der Waals surface area contributed by atoms with Gasteiger partial charge in [-0.2, -0.15) is 0 Å². The highest BCUT2D eigenvalue weighted by Gasteiger charge is 2.44. The van der Waals surface area contributed by atoms with Gasteiger partial charge in [0, 0.05) is 13.3 Å². The van der Waals surface area contributed by atoms with Crippen molar-refractivity contribution < 1.29 is 39.2 Å². The zero-order chi connectivity index (χ0) is 29.9. The van der Waals surface area contributed by atoms with Gasteiger partial charge in [0.25, 0.3) is 0 Å². The predicted molar refractivity (Wildman–Crippen MR) is 151 cm³/mol. The second-order valence-electron chi connectivity index (χ2n) is 10.4. The lowest BCUT2D eigenvalue weighted by atomic mass is 9.92. The van der Waals surface area contributed by atoms with Crippen LogP contribution >= 0.6 is 0 Å². The number of unbranched alkanes of at least 4 members (excludes halogenated alkanes) is 12. The number of aliphatic carboxylic acids is 1. The number of carbonyl (C=O) groups is 3. The number of carboxylic acids is 1. The van der Waals surface area contributed by atoms with Crippen molar-refractivity contribution in [3.8, 4) is 0 Å². The van der Waals surface area contributed by atoms with Crippen molar-refractivity contribution in [2.75, 3.05) is 6.61 Å². The smallest absolute Gasteiger partial charge is 0.370 e. The second-order valence-corrected chi connectivity index (χ2v) is 10.4. The van der Waals surface area contributed by atoms with Gasteiger partial charge in [0.1, 0.15) is 24.9 Å². The Balaban J connectivity index is 2.41. The SMILES string of the molecule is CCCCCCCCCCCCCCCC(=O)OCC(O)C(O)C1OC(C(=O)O)=CC(N=C(N)N)C1NC(C)=O. The standard InChI is InChI=1S/C28H50N4O8/c1-3-4-5-6-7-8-9-10-11-12-13-14-15-16-23(35)39-18-21(34)25(36)26-24(31-19(2)33)20(32-28(29)30)17-22(40-26)27(37)38/h17,20-21,24-26,34,36H,3-16,18H2,1-2H3,(H,31,33)(H,37,38)(H4,29,30,32). The molecule has 0 saturated carbocycles. The van der Waals surface area contributed by atoms with E-state index in [2.05, 4.69) is 17.2 Å². The number of nitrogens with two attached hydrogens (primary N) is 2. The van der Waals surface area contributed by atoms with E-state index in [1.54, 1.807) is 0 Å². The third-order valence-corrected chi connectivity index (χ3v) is 6.82. The van der Waals surface area contributed by atoms with Gasteiger partial charge in [0.2, 0.25) is 11.7 Å². The Morgan fingerprint density at radius 2 is 1.50 bits per heavy atom. The van der Waals surface area contributed by atoms with Crippen molar-refractivity contribution in [2.45, 2.75) is 134 Å². The maximum Gasteiger partial charge on any atom is 0.370 e. The van der Waals surface area contributed by atoms with Crippen molar-refractivity contribution in [3.63, 3.8) is 0 Å². The van der Waals surface area contributed by atoms with Crippen molar-refractivity contribution >= 4 is 23.8 Å². The highest BCUT2D eigenvalue weighted by molar-refractivity contribution is 5.85. The van der Waals surface area contributed by atoms with Crippen LogP contribution in [0.1, 0.15) is 104 Å². The van der Waals surface area contributed by atoms with Crippen LogP contribution in [-0.4, -0.2) is 76.1 Å². The average Bonchev–Trinajstić information content (AvgIpc) is 2.89. The molecule has 1 aliphatic heterocycles. The molecule has 0 aromatic rings. The van der Waals surface area contributed by atoms with Gasteiger partial charge in [-0.3, -0.25) is 9.59 Å².